The lowest BCUT2D eigenvalue weighted by Gasteiger charge is -2.62. The maximum absolute atomic E-state index is 14.9. The number of piperazine rings is 1. The zero-order chi connectivity index (χ0) is 42.9. The second-order valence-electron chi connectivity index (χ2n) is 17.1. The Morgan fingerprint density at radius 1 is 1.02 bits per heavy atom. The molecule has 7 aliphatic heterocycles. The van der Waals surface area contributed by atoms with Crippen LogP contribution in [0.5, 0.6) is 40.2 Å². The molecule has 0 aliphatic carbocycles. The zero-order valence-electron chi connectivity index (χ0n) is 35.6. The summed E-state index contributed by atoms with van der Waals surface area (Å²) in [6, 6.07) is 5.35. The monoisotopic (exact) mass is 854 g/mol. The highest BCUT2D eigenvalue weighted by molar-refractivity contribution is 7.99. The summed E-state index contributed by atoms with van der Waals surface area (Å²) >= 11 is 1.51. The number of unbranched alkanes of at least 4 members (excludes halogenated alkanes) is 4. The van der Waals surface area contributed by atoms with E-state index in [0.717, 1.165) is 47.9 Å². The second-order valence-corrected chi connectivity index (χ2v) is 18.3. The number of phenolic OH excluding ortho intramolecular Hbond substituents is 2. The number of nitrogens with zero attached hydrogens (tertiary/aromatic N) is 3. The predicted octanol–water partition coefficient (Wildman–Crippen LogP) is 6.33. The lowest BCUT2D eigenvalue weighted by molar-refractivity contribution is -0.157. The van der Waals surface area contributed by atoms with Crippen LogP contribution < -0.4 is 29.0 Å². The highest BCUT2D eigenvalue weighted by atomic mass is 32.2. The third kappa shape index (κ3) is 6.38. The Hall–Kier alpha value is -4.88. The minimum absolute atomic E-state index is 0.0186. The number of carbonyl (C=O) groups is 2. The zero-order valence-corrected chi connectivity index (χ0v) is 36.4. The number of nitrogens with one attached hydrogen (secondary N) is 1. The number of rotatable bonds is 9. The number of phenols is 2. The van der Waals surface area contributed by atoms with Crippen molar-refractivity contribution in [2.45, 2.75) is 113 Å². The summed E-state index contributed by atoms with van der Waals surface area (Å²) in [5.74, 6) is 1.26. The maximum Gasteiger partial charge on any atom is 0.331 e. The average molecular weight is 855 g/mol. The minimum atomic E-state index is -1.37. The number of methoxy groups -OCH3 is 2. The first-order valence-corrected chi connectivity index (χ1v) is 22.4. The molecule has 1 unspecified atom stereocenters. The number of likely N-dealkylation sites (N-methyl/N-ethyl adjacent to an activating group) is 1. The van der Waals surface area contributed by atoms with E-state index in [1.807, 2.05) is 20.9 Å². The Morgan fingerprint density at radius 3 is 2.56 bits per heavy atom. The van der Waals surface area contributed by atoms with Gasteiger partial charge in [-0.1, -0.05) is 38.7 Å². The molecule has 15 heteroatoms. The smallest absolute Gasteiger partial charge is 0.331 e. The Balaban J connectivity index is 1.28. The van der Waals surface area contributed by atoms with E-state index in [9.17, 15) is 25.1 Å². The SMILES string of the molecule is CCCCCCCC(=O)Oc1c(C)c2c(c3c1[C@H]1SC[C@]4(NCCc5cc(O)c(OC)cc54)C(=O)OC[C@@H]3N3C1[C@@H]1c4c(cc(C)c(OC)c4O)C[C@H]([C@@H]3C#N)N1C)OCO2. The summed E-state index contributed by atoms with van der Waals surface area (Å²) in [5, 5.41) is 37.3. The van der Waals surface area contributed by atoms with Crippen molar-refractivity contribution >= 4 is 23.7 Å². The first kappa shape index (κ1) is 41.5. The predicted molar refractivity (Wildman–Crippen MR) is 226 cm³/mol. The van der Waals surface area contributed by atoms with Crippen molar-refractivity contribution in [3.8, 4) is 46.3 Å². The Kier molecular flexibility index (Phi) is 10.9. The molecule has 0 radical (unpaired) electrons. The molecule has 2 saturated heterocycles. The molecule has 2 fully saturated rings. The second kappa shape index (κ2) is 16.1. The lowest BCUT2D eigenvalue weighted by atomic mass is 9.71. The number of fused-ring (bicyclic) bond motifs is 9. The first-order chi connectivity index (χ1) is 29.5. The van der Waals surface area contributed by atoms with Gasteiger partial charge >= 0.3 is 11.9 Å². The molecule has 10 rings (SSSR count). The van der Waals surface area contributed by atoms with Crippen LogP contribution in [0.25, 0.3) is 0 Å². The maximum atomic E-state index is 14.9. The van der Waals surface area contributed by atoms with Gasteiger partial charge in [-0.3, -0.25) is 19.9 Å². The fraction of sp³-hybridized carbons (Fsp3) is 0.543. The van der Waals surface area contributed by atoms with E-state index in [-0.39, 0.29) is 54.8 Å². The molecule has 3 aromatic rings. The van der Waals surface area contributed by atoms with E-state index < -0.39 is 40.9 Å². The van der Waals surface area contributed by atoms with E-state index >= 15 is 0 Å². The number of benzene rings is 3. The van der Waals surface area contributed by atoms with Gasteiger partial charge in [-0.05, 0) is 74.5 Å². The van der Waals surface area contributed by atoms with Gasteiger partial charge in [0.1, 0.15) is 18.4 Å². The lowest BCUT2D eigenvalue weighted by Crippen LogP contribution is -2.69. The van der Waals surface area contributed by atoms with Gasteiger partial charge in [0, 0.05) is 53.1 Å². The van der Waals surface area contributed by atoms with Gasteiger partial charge in [-0.15, -0.1) is 11.8 Å². The Bertz CT molecular complexity index is 2330. The normalized spacial score (nSPS) is 27.3. The van der Waals surface area contributed by atoms with Crippen LogP contribution in [0.1, 0.15) is 107 Å². The summed E-state index contributed by atoms with van der Waals surface area (Å²) < 4.78 is 36.9. The standard InChI is InChI=1S/C46H54N4O10S/c1-7-8-9-10-11-12-33(52)60-41-24(3)42-43(59-22-58-42)35-30-20-57-45(54)46(27-18-32(55-5)31(51)17-25(27)13-14-48-46)21-61-44(36(35)41)38-37-34-26(15-23(2)40(56-6)39(34)53)16-28(49(37)4)29(19-47)50(30)38/h15,17-18,28-30,37-38,44,48,51,53H,7-14,16,20-22H2,1-6H3/t28-,29+,30+,37+,38?,44-,46-/m1/s1. The average Bonchev–Trinajstić information content (AvgIpc) is 3.74. The van der Waals surface area contributed by atoms with Crippen LogP contribution in [0.15, 0.2) is 18.2 Å². The fourth-order valence-electron chi connectivity index (χ4n) is 11.1. The van der Waals surface area contributed by atoms with Gasteiger partial charge in [0.25, 0.3) is 0 Å². The summed E-state index contributed by atoms with van der Waals surface area (Å²) in [6.07, 6.45) is 6.14. The van der Waals surface area contributed by atoms with Gasteiger partial charge in [0.15, 0.2) is 40.0 Å². The van der Waals surface area contributed by atoms with E-state index in [4.69, 9.17) is 28.4 Å². The van der Waals surface area contributed by atoms with Crippen molar-refractivity contribution in [3.63, 3.8) is 0 Å². The van der Waals surface area contributed by atoms with E-state index in [1.165, 1.54) is 18.9 Å². The third-order valence-electron chi connectivity index (χ3n) is 13.9. The number of hydrogen-bond acceptors (Lipinski definition) is 15. The number of aryl methyl sites for hydroxylation is 1. The van der Waals surface area contributed by atoms with Crippen LogP contribution in [0.3, 0.4) is 0 Å². The van der Waals surface area contributed by atoms with Crippen LogP contribution in [-0.2, 0) is 32.7 Å². The quantitative estimate of drug-likeness (QED) is 0.124. The molecule has 0 amide bonds. The molecule has 4 bridgehead atoms. The number of nitriles is 1. The van der Waals surface area contributed by atoms with Gasteiger partial charge in [-0.25, -0.2) is 4.79 Å². The molecule has 0 saturated carbocycles. The largest absolute Gasteiger partial charge is 0.504 e. The van der Waals surface area contributed by atoms with Gasteiger partial charge in [0.2, 0.25) is 6.79 Å². The molecule has 14 nitrogen and oxygen atoms in total. The minimum Gasteiger partial charge on any atom is -0.504 e. The number of esters is 2. The van der Waals surface area contributed by atoms with Crippen molar-refractivity contribution in [1.82, 2.24) is 15.1 Å². The Morgan fingerprint density at radius 2 is 1.80 bits per heavy atom. The molecule has 61 heavy (non-hydrogen) atoms. The van der Waals surface area contributed by atoms with Gasteiger partial charge in [0.05, 0.1) is 37.6 Å². The number of thioether (sulfide) groups is 1. The summed E-state index contributed by atoms with van der Waals surface area (Å²) in [6.45, 7) is 6.16. The topological polar surface area (TPSA) is 172 Å². The summed E-state index contributed by atoms with van der Waals surface area (Å²) in [7, 11) is 5.03. The van der Waals surface area contributed by atoms with Crippen LogP contribution in [0.2, 0.25) is 0 Å². The number of aromatic hydroxyl groups is 2. The molecular formula is C46H54N4O10S. The molecular weight excluding hydrogens is 801 g/mol. The molecule has 324 valence electrons. The van der Waals surface area contributed by atoms with Crippen LogP contribution in [0.4, 0.5) is 0 Å². The number of carbonyl (C=O) groups excluding carboxylic acids is 2. The molecule has 3 aromatic carbocycles. The molecule has 7 heterocycles. The van der Waals surface area contributed by atoms with Crippen molar-refractivity contribution in [3.05, 3.63) is 62.7 Å². The summed E-state index contributed by atoms with van der Waals surface area (Å²) in [5.41, 5.74) is 4.54. The first-order valence-electron chi connectivity index (χ1n) is 21.4. The van der Waals surface area contributed by atoms with Gasteiger partial charge in [-0.2, -0.15) is 5.26 Å². The molecule has 1 spiro atoms. The van der Waals surface area contributed by atoms with Crippen LogP contribution in [0, 0.1) is 25.2 Å². The van der Waals surface area contributed by atoms with Crippen molar-refractivity contribution < 1.29 is 48.2 Å². The van der Waals surface area contributed by atoms with Gasteiger partial charge < -0.3 is 38.6 Å². The third-order valence-corrected chi connectivity index (χ3v) is 15.4. The van der Waals surface area contributed by atoms with Crippen molar-refractivity contribution in [1.29, 1.82) is 5.26 Å². The number of hydrogen-bond donors (Lipinski definition) is 3. The summed E-state index contributed by atoms with van der Waals surface area (Å²) in [4.78, 5) is 33.3. The van der Waals surface area contributed by atoms with E-state index in [1.54, 1.807) is 19.2 Å². The van der Waals surface area contributed by atoms with E-state index in [0.29, 0.717) is 71.1 Å². The van der Waals surface area contributed by atoms with Crippen LogP contribution in [-0.4, -0.2) is 97.0 Å². The molecule has 3 N–H and O–H groups in total. The molecule has 7 atom stereocenters. The van der Waals surface area contributed by atoms with E-state index in [2.05, 4.69) is 34.2 Å². The van der Waals surface area contributed by atoms with Crippen molar-refractivity contribution in [2.24, 2.45) is 0 Å². The highest BCUT2D eigenvalue weighted by Gasteiger charge is 2.62. The highest BCUT2D eigenvalue weighted by Crippen LogP contribution is 2.64. The van der Waals surface area contributed by atoms with Crippen LogP contribution >= 0.6 is 11.8 Å². The number of ether oxygens (including phenoxy) is 6. The fourth-order valence-corrected chi connectivity index (χ4v) is 12.8. The molecule has 0 aromatic heterocycles. The van der Waals surface area contributed by atoms with Crippen molar-refractivity contribution in [2.75, 3.05) is 47.0 Å². The molecule has 7 aliphatic rings. The Labute approximate surface area is 360 Å².